The van der Waals surface area contributed by atoms with E-state index in [0.717, 1.165) is 16.7 Å². The molecule has 0 unspecified atom stereocenters. The van der Waals surface area contributed by atoms with Crippen LogP contribution in [0.3, 0.4) is 0 Å². The van der Waals surface area contributed by atoms with Crippen molar-refractivity contribution in [1.29, 1.82) is 0 Å². The minimum atomic E-state index is -3.63. The van der Waals surface area contributed by atoms with Gasteiger partial charge in [-0.2, -0.15) is 4.72 Å². The highest BCUT2D eigenvalue weighted by Crippen LogP contribution is 2.24. The molecule has 0 aliphatic rings. The molecule has 0 aromatic heterocycles. The summed E-state index contributed by atoms with van der Waals surface area (Å²) in [6.07, 6.45) is 0. The molecule has 0 amide bonds. The van der Waals surface area contributed by atoms with Gasteiger partial charge in [-0.05, 0) is 35.7 Å². The lowest BCUT2D eigenvalue weighted by molar-refractivity contribution is 0.572. The van der Waals surface area contributed by atoms with Crippen LogP contribution in [0, 0.1) is 6.92 Å². The Morgan fingerprint density at radius 1 is 0.750 bits per heavy atom. The minimum absolute atomic E-state index is 0.277. The molecule has 1 N–H and O–H groups in total. The molecule has 3 aromatic rings. The zero-order chi connectivity index (χ0) is 17.0. The van der Waals surface area contributed by atoms with Crippen molar-refractivity contribution < 1.29 is 8.42 Å². The standard InChI is InChI=1S/C20H19NO2S/c1-16-9-8-14-19(15-16)24(22,23)21-20(17-10-4-2-5-11-17)18-12-6-3-7-13-18/h2-15,20-21H,1H3. The molecule has 0 radical (unpaired) electrons. The smallest absolute Gasteiger partial charge is 0.207 e. The lowest BCUT2D eigenvalue weighted by Crippen LogP contribution is -2.29. The van der Waals surface area contributed by atoms with Gasteiger partial charge in [-0.15, -0.1) is 0 Å². The average molecular weight is 337 g/mol. The zero-order valence-corrected chi connectivity index (χ0v) is 14.2. The first kappa shape index (κ1) is 16.4. The Balaban J connectivity index is 2.01. The third-order valence-corrected chi connectivity index (χ3v) is 5.26. The van der Waals surface area contributed by atoms with Crippen LogP contribution in [0.4, 0.5) is 0 Å². The van der Waals surface area contributed by atoms with Gasteiger partial charge in [-0.3, -0.25) is 0 Å². The fourth-order valence-electron chi connectivity index (χ4n) is 2.63. The number of sulfonamides is 1. The van der Waals surface area contributed by atoms with E-state index >= 15 is 0 Å². The third kappa shape index (κ3) is 3.72. The molecular weight excluding hydrogens is 318 g/mol. The van der Waals surface area contributed by atoms with E-state index in [-0.39, 0.29) is 4.90 Å². The molecule has 0 aliphatic heterocycles. The van der Waals surface area contributed by atoms with Crippen LogP contribution in [0.25, 0.3) is 0 Å². The SMILES string of the molecule is Cc1cccc(S(=O)(=O)NC(c2ccccc2)c2ccccc2)c1. The third-order valence-electron chi connectivity index (χ3n) is 3.84. The highest BCUT2D eigenvalue weighted by molar-refractivity contribution is 7.89. The highest BCUT2D eigenvalue weighted by Gasteiger charge is 2.22. The van der Waals surface area contributed by atoms with E-state index in [1.165, 1.54) is 0 Å². The predicted octanol–water partition coefficient (Wildman–Crippen LogP) is 4.06. The normalized spacial score (nSPS) is 11.6. The van der Waals surface area contributed by atoms with Crippen LogP contribution in [0.5, 0.6) is 0 Å². The summed E-state index contributed by atoms with van der Waals surface area (Å²) < 4.78 is 28.5. The van der Waals surface area contributed by atoms with Crippen LogP contribution in [0.15, 0.2) is 89.8 Å². The van der Waals surface area contributed by atoms with Gasteiger partial charge in [0.15, 0.2) is 0 Å². The van der Waals surface area contributed by atoms with Crippen molar-refractivity contribution in [2.24, 2.45) is 0 Å². The summed E-state index contributed by atoms with van der Waals surface area (Å²) in [5.74, 6) is 0. The van der Waals surface area contributed by atoms with Crippen LogP contribution in [0.2, 0.25) is 0 Å². The molecule has 0 bridgehead atoms. The summed E-state index contributed by atoms with van der Waals surface area (Å²) in [7, 11) is -3.63. The van der Waals surface area contributed by atoms with Gasteiger partial charge in [-0.25, -0.2) is 8.42 Å². The van der Waals surface area contributed by atoms with Crippen LogP contribution >= 0.6 is 0 Å². The van der Waals surface area contributed by atoms with Crippen molar-refractivity contribution in [2.75, 3.05) is 0 Å². The molecule has 0 atom stereocenters. The number of benzene rings is 3. The van der Waals surface area contributed by atoms with E-state index in [9.17, 15) is 8.42 Å². The van der Waals surface area contributed by atoms with Gasteiger partial charge < -0.3 is 0 Å². The maximum atomic E-state index is 12.8. The molecule has 3 nitrogen and oxygen atoms in total. The summed E-state index contributed by atoms with van der Waals surface area (Å²) in [4.78, 5) is 0.277. The van der Waals surface area contributed by atoms with Crippen LogP contribution < -0.4 is 4.72 Å². The summed E-state index contributed by atoms with van der Waals surface area (Å²) in [6, 6.07) is 25.7. The molecule has 0 heterocycles. The monoisotopic (exact) mass is 337 g/mol. The second kappa shape index (κ2) is 6.99. The number of nitrogens with one attached hydrogen (secondary N) is 1. The quantitative estimate of drug-likeness (QED) is 0.763. The fraction of sp³-hybridized carbons (Fsp3) is 0.100. The van der Waals surface area contributed by atoms with Crippen molar-refractivity contribution in [1.82, 2.24) is 4.72 Å². The van der Waals surface area contributed by atoms with Crippen molar-refractivity contribution in [2.45, 2.75) is 17.9 Å². The maximum Gasteiger partial charge on any atom is 0.241 e. The van der Waals surface area contributed by atoms with E-state index in [0.29, 0.717) is 0 Å². The van der Waals surface area contributed by atoms with E-state index < -0.39 is 16.1 Å². The molecule has 3 rings (SSSR count). The van der Waals surface area contributed by atoms with Crippen LogP contribution in [-0.2, 0) is 10.0 Å². The van der Waals surface area contributed by atoms with Crippen molar-refractivity contribution in [3.63, 3.8) is 0 Å². The van der Waals surface area contributed by atoms with E-state index in [4.69, 9.17) is 0 Å². The molecule has 122 valence electrons. The van der Waals surface area contributed by atoms with Crippen molar-refractivity contribution in [3.8, 4) is 0 Å². The minimum Gasteiger partial charge on any atom is -0.207 e. The Morgan fingerprint density at radius 3 is 1.79 bits per heavy atom. The van der Waals surface area contributed by atoms with Gasteiger partial charge in [0.05, 0.1) is 10.9 Å². The maximum absolute atomic E-state index is 12.8. The molecule has 0 spiro atoms. The van der Waals surface area contributed by atoms with Gasteiger partial charge >= 0.3 is 0 Å². The van der Waals surface area contributed by atoms with Crippen molar-refractivity contribution in [3.05, 3.63) is 102 Å². The molecule has 0 fully saturated rings. The summed E-state index contributed by atoms with van der Waals surface area (Å²) in [5.41, 5.74) is 2.72. The largest absolute Gasteiger partial charge is 0.241 e. The Hall–Kier alpha value is -2.43. The van der Waals surface area contributed by atoms with Crippen molar-refractivity contribution >= 4 is 10.0 Å². The average Bonchev–Trinajstić information content (AvgIpc) is 2.61. The summed E-state index contributed by atoms with van der Waals surface area (Å²) in [6.45, 7) is 1.88. The number of hydrogen-bond donors (Lipinski definition) is 1. The van der Waals surface area contributed by atoms with Gasteiger partial charge in [0.1, 0.15) is 0 Å². The Morgan fingerprint density at radius 2 is 1.29 bits per heavy atom. The molecule has 24 heavy (non-hydrogen) atoms. The fourth-order valence-corrected chi connectivity index (χ4v) is 3.94. The topological polar surface area (TPSA) is 46.2 Å². The molecule has 0 aliphatic carbocycles. The van der Waals surface area contributed by atoms with Gasteiger partial charge in [-0.1, -0.05) is 72.8 Å². The number of aryl methyl sites for hydroxylation is 1. The first-order chi connectivity index (χ1) is 11.6. The van der Waals surface area contributed by atoms with E-state index in [2.05, 4.69) is 4.72 Å². The van der Waals surface area contributed by atoms with Crippen LogP contribution in [0.1, 0.15) is 22.7 Å². The Labute approximate surface area is 143 Å². The lowest BCUT2D eigenvalue weighted by Gasteiger charge is -2.20. The second-order valence-corrected chi connectivity index (χ2v) is 7.41. The predicted molar refractivity (Wildman–Crippen MR) is 96.2 cm³/mol. The first-order valence-corrected chi connectivity index (χ1v) is 9.23. The molecular formula is C20H19NO2S. The molecule has 3 aromatic carbocycles. The summed E-state index contributed by atoms with van der Waals surface area (Å²) in [5, 5.41) is 0. The van der Waals surface area contributed by atoms with Gasteiger partial charge in [0, 0.05) is 0 Å². The molecule has 4 heteroatoms. The summed E-state index contributed by atoms with van der Waals surface area (Å²) >= 11 is 0. The second-order valence-electron chi connectivity index (χ2n) is 5.69. The van der Waals surface area contributed by atoms with E-state index in [1.54, 1.807) is 18.2 Å². The number of rotatable bonds is 5. The molecule has 0 saturated carbocycles. The lowest BCUT2D eigenvalue weighted by atomic mass is 10.00. The number of hydrogen-bond acceptors (Lipinski definition) is 2. The highest BCUT2D eigenvalue weighted by atomic mass is 32.2. The van der Waals surface area contributed by atoms with E-state index in [1.807, 2.05) is 73.7 Å². The van der Waals surface area contributed by atoms with Gasteiger partial charge in [0.25, 0.3) is 0 Å². The Bertz CT molecular complexity index is 867. The Kier molecular flexibility index (Phi) is 4.79. The first-order valence-electron chi connectivity index (χ1n) is 7.75. The van der Waals surface area contributed by atoms with Gasteiger partial charge in [0.2, 0.25) is 10.0 Å². The zero-order valence-electron chi connectivity index (χ0n) is 13.4. The van der Waals surface area contributed by atoms with Crippen LogP contribution in [-0.4, -0.2) is 8.42 Å². The molecule has 0 saturated heterocycles.